The summed E-state index contributed by atoms with van der Waals surface area (Å²) in [6.07, 6.45) is 8.19. The van der Waals surface area contributed by atoms with Gasteiger partial charge in [0, 0.05) is 31.4 Å². The summed E-state index contributed by atoms with van der Waals surface area (Å²) in [4.78, 5) is 26.8. The maximum Gasteiger partial charge on any atom is 0.257 e. The van der Waals surface area contributed by atoms with Gasteiger partial charge in [-0.15, -0.1) is 0 Å². The van der Waals surface area contributed by atoms with Gasteiger partial charge in [0.15, 0.2) is 0 Å². The Kier molecular flexibility index (Phi) is 5.29. The summed E-state index contributed by atoms with van der Waals surface area (Å²) in [6.45, 7) is 4.24. The molecule has 0 unspecified atom stereocenters. The van der Waals surface area contributed by atoms with Crippen LogP contribution in [0.1, 0.15) is 59.4 Å². The van der Waals surface area contributed by atoms with Crippen molar-refractivity contribution in [1.82, 2.24) is 19.8 Å². The first-order valence-corrected chi connectivity index (χ1v) is 10.8. The third-order valence-corrected chi connectivity index (χ3v) is 6.25. The lowest BCUT2D eigenvalue weighted by Crippen LogP contribution is -2.51. The molecule has 6 nitrogen and oxygen atoms in total. The van der Waals surface area contributed by atoms with Gasteiger partial charge in [0.2, 0.25) is 0 Å². The van der Waals surface area contributed by atoms with E-state index in [0.29, 0.717) is 24.6 Å². The molecular weight excluding hydrogens is 364 g/mol. The molecule has 1 saturated carbocycles. The molecule has 1 aromatic carbocycles. The summed E-state index contributed by atoms with van der Waals surface area (Å²) in [5, 5.41) is 0. The molecule has 0 spiro atoms. The standard InChI is InChI=1S/C23H28N4O2/c28-23(19-14-24-22(25-15-19)18-8-9-18)27-12-13-29-20(16-26-10-4-5-11-26)21(27)17-6-2-1-3-7-17/h1-3,6-7,14-15,18,20-21H,4-5,8-13,16H2/t20-,21-/m0/s1. The molecule has 2 aromatic rings. The van der Waals surface area contributed by atoms with Crippen LogP contribution in [0, 0.1) is 0 Å². The van der Waals surface area contributed by atoms with Crippen molar-refractivity contribution in [2.45, 2.75) is 43.7 Å². The molecule has 0 bridgehead atoms. The number of hydrogen-bond acceptors (Lipinski definition) is 5. The van der Waals surface area contributed by atoms with E-state index in [1.165, 1.54) is 12.8 Å². The molecule has 3 heterocycles. The van der Waals surface area contributed by atoms with Crippen molar-refractivity contribution in [2.75, 3.05) is 32.8 Å². The average molecular weight is 393 g/mol. The lowest BCUT2D eigenvalue weighted by Gasteiger charge is -2.42. The maximum atomic E-state index is 13.4. The summed E-state index contributed by atoms with van der Waals surface area (Å²) in [7, 11) is 0. The Labute approximate surface area is 171 Å². The van der Waals surface area contributed by atoms with Gasteiger partial charge in [-0.3, -0.25) is 4.79 Å². The molecule has 2 aliphatic heterocycles. The average Bonchev–Trinajstić information content (AvgIpc) is 3.51. The van der Waals surface area contributed by atoms with E-state index >= 15 is 0 Å². The molecule has 1 aromatic heterocycles. The van der Waals surface area contributed by atoms with Crippen molar-refractivity contribution in [3.63, 3.8) is 0 Å². The zero-order valence-electron chi connectivity index (χ0n) is 16.7. The van der Waals surface area contributed by atoms with Crippen LogP contribution in [0.5, 0.6) is 0 Å². The highest BCUT2D eigenvalue weighted by atomic mass is 16.5. The minimum absolute atomic E-state index is 0.00378. The Hall–Kier alpha value is -2.31. The number of rotatable bonds is 5. The molecule has 1 amide bonds. The smallest absolute Gasteiger partial charge is 0.257 e. The zero-order chi connectivity index (χ0) is 19.6. The molecule has 6 heteroatoms. The highest BCUT2D eigenvalue weighted by Gasteiger charge is 2.38. The number of amides is 1. The normalized spacial score (nSPS) is 25.3. The topological polar surface area (TPSA) is 58.6 Å². The largest absolute Gasteiger partial charge is 0.373 e. The monoisotopic (exact) mass is 392 g/mol. The van der Waals surface area contributed by atoms with Crippen LogP contribution in [0.4, 0.5) is 0 Å². The lowest BCUT2D eigenvalue weighted by molar-refractivity contribution is -0.0707. The Balaban J connectivity index is 1.41. The van der Waals surface area contributed by atoms with Crippen LogP contribution in [0.25, 0.3) is 0 Å². The number of nitrogens with zero attached hydrogens (tertiary/aromatic N) is 4. The summed E-state index contributed by atoms with van der Waals surface area (Å²) in [5.41, 5.74) is 1.69. The second-order valence-corrected chi connectivity index (χ2v) is 8.38. The first kappa shape index (κ1) is 18.7. The Morgan fingerprint density at radius 1 is 1.03 bits per heavy atom. The first-order chi connectivity index (χ1) is 14.3. The molecule has 152 valence electrons. The van der Waals surface area contributed by atoms with Gasteiger partial charge in [0.05, 0.1) is 24.3 Å². The van der Waals surface area contributed by atoms with Crippen molar-refractivity contribution in [3.05, 3.63) is 59.7 Å². The molecule has 29 heavy (non-hydrogen) atoms. The number of hydrogen-bond donors (Lipinski definition) is 0. The van der Waals surface area contributed by atoms with Gasteiger partial charge >= 0.3 is 0 Å². The van der Waals surface area contributed by atoms with Gasteiger partial charge in [0.1, 0.15) is 5.82 Å². The highest BCUT2D eigenvalue weighted by Crippen LogP contribution is 2.38. The fraction of sp³-hybridized carbons (Fsp3) is 0.522. The van der Waals surface area contributed by atoms with Gasteiger partial charge < -0.3 is 14.5 Å². The molecule has 5 rings (SSSR count). The van der Waals surface area contributed by atoms with Crippen LogP contribution in [-0.4, -0.2) is 64.6 Å². The van der Waals surface area contributed by atoms with Crippen molar-refractivity contribution in [1.29, 1.82) is 0 Å². The van der Waals surface area contributed by atoms with Crippen LogP contribution in [-0.2, 0) is 4.74 Å². The quantitative estimate of drug-likeness (QED) is 0.783. The van der Waals surface area contributed by atoms with Crippen molar-refractivity contribution < 1.29 is 9.53 Å². The second-order valence-electron chi connectivity index (χ2n) is 8.38. The number of aromatic nitrogens is 2. The summed E-state index contributed by atoms with van der Waals surface area (Å²) in [5.74, 6) is 1.36. The van der Waals surface area contributed by atoms with Crippen LogP contribution in [0.3, 0.4) is 0 Å². The molecule has 3 aliphatic rings. The molecule has 3 fully saturated rings. The second kappa shape index (κ2) is 8.20. The summed E-state index contributed by atoms with van der Waals surface area (Å²) in [6, 6.07) is 10.2. The summed E-state index contributed by atoms with van der Waals surface area (Å²) >= 11 is 0. The Bertz CT molecular complexity index is 832. The van der Waals surface area contributed by atoms with Gasteiger partial charge in [-0.1, -0.05) is 30.3 Å². The van der Waals surface area contributed by atoms with E-state index in [1.807, 2.05) is 23.1 Å². The SMILES string of the molecule is O=C(c1cnc(C2CC2)nc1)N1CCO[C@@H](CN2CCCC2)[C@@H]1c1ccccc1. The van der Waals surface area contributed by atoms with E-state index in [0.717, 1.165) is 43.9 Å². The maximum absolute atomic E-state index is 13.4. The van der Waals surface area contributed by atoms with E-state index in [1.54, 1.807) is 12.4 Å². The number of morpholine rings is 1. The summed E-state index contributed by atoms with van der Waals surface area (Å²) < 4.78 is 6.22. The number of benzene rings is 1. The minimum atomic E-state index is -0.0961. The third-order valence-electron chi connectivity index (χ3n) is 6.25. The van der Waals surface area contributed by atoms with E-state index < -0.39 is 0 Å². The van der Waals surface area contributed by atoms with Crippen LogP contribution >= 0.6 is 0 Å². The predicted molar refractivity (Wildman–Crippen MR) is 110 cm³/mol. The Morgan fingerprint density at radius 3 is 2.45 bits per heavy atom. The van der Waals surface area contributed by atoms with Crippen LogP contribution < -0.4 is 0 Å². The van der Waals surface area contributed by atoms with Crippen molar-refractivity contribution in [2.24, 2.45) is 0 Å². The fourth-order valence-electron chi connectivity index (χ4n) is 4.54. The first-order valence-electron chi connectivity index (χ1n) is 10.8. The van der Waals surface area contributed by atoms with Gasteiger partial charge in [-0.05, 0) is 44.3 Å². The van der Waals surface area contributed by atoms with Crippen LogP contribution in [0.2, 0.25) is 0 Å². The number of ether oxygens (including phenoxy) is 1. The number of likely N-dealkylation sites (tertiary alicyclic amines) is 1. The fourth-order valence-corrected chi connectivity index (χ4v) is 4.54. The third kappa shape index (κ3) is 4.05. The molecule has 2 saturated heterocycles. The van der Waals surface area contributed by atoms with Gasteiger partial charge in [-0.2, -0.15) is 0 Å². The Morgan fingerprint density at radius 2 is 1.76 bits per heavy atom. The van der Waals surface area contributed by atoms with Gasteiger partial charge in [-0.25, -0.2) is 9.97 Å². The zero-order valence-corrected chi connectivity index (χ0v) is 16.7. The predicted octanol–water partition coefficient (Wildman–Crippen LogP) is 3.03. The molecule has 0 radical (unpaired) electrons. The lowest BCUT2D eigenvalue weighted by atomic mass is 9.96. The van der Waals surface area contributed by atoms with Crippen molar-refractivity contribution in [3.8, 4) is 0 Å². The van der Waals surface area contributed by atoms with E-state index in [2.05, 4.69) is 27.0 Å². The number of carbonyl (C=O) groups is 1. The van der Waals surface area contributed by atoms with Gasteiger partial charge in [0.25, 0.3) is 5.91 Å². The molecule has 0 N–H and O–H groups in total. The van der Waals surface area contributed by atoms with E-state index in [4.69, 9.17) is 4.74 Å². The molecule has 2 atom stereocenters. The number of carbonyl (C=O) groups excluding carboxylic acids is 1. The van der Waals surface area contributed by atoms with E-state index in [-0.39, 0.29) is 18.1 Å². The van der Waals surface area contributed by atoms with Crippen molar-refractivity contribution >= 4 is 5.91 Å². The molecule has 1 aliphatic carbocycles. The highest BCUT2D eigenvalue weighted by molar-refractivity contribution is 5.94. The minimum Gasteiger partial charge on any atom is -0.373 e. The van der Waals surface area contributed by atoms with E-state index in [9.17, 15) is 4.79 Å². The molecular formula is C23H28N4O2. The van der Waals surface area contributed by atoms with Crippen LogP contribution in [0.15, 0.2) is 42.7 Å².